The molecule has 0 fully saturated rings. The van der Waals surface area contributed by atoms with E-state index in [1.54, 1.807) is 0 Å². The molecule has 1 aromatic rings. The normalized spacial score (nSPS) is 12.7. The SMILES string of the molecule is CCCCCP(Cc1ccccc1)OC. The van der Waals surface area contributed by atoms with E-state index in [4.69, 9.17) is 4.52 Å². The number of unbranched alkanes of at least 4 members (excludes halogenated alkanes) is 2. The highest BCUT2D eigenvalue weighted by Gasteiger charge is 2.07. The van der Waals surface area contributed by atoms with Crippen LogP contribution in [0.25, 0.3) is 0 Å². The lowest BCUT2D eigenvalue weighted by atomic mass is 10.2. The molecular formula is C13H21OP. The van der Waals surface area contributed by atoms with Gasteiger partial charge < -0.3 is 4.52 Å². The molecule has 1 nitrogen and oxygen atoms in total. The summed E-state index contributed by atoms with van der Waals surface area (Å²) in [4.78, 5) is 0. The van der Waals surface area contributed by atoms with Crippen LogP contribution in [0.2, 0.25) is 0 Å². The van der Waals surface area contributed by atoms with Crippen LogP contribution in [0.5, 0.6) is 0 Å². The standard InChI is InChI=1S/C13H21OP/c1-3-4-8-11-15(14-2)12-13-9-6-5-7-10-13/h5-7,9-10H,3-4,8,11-12H2,1-2H3. The molecule has 1 atom stereocenters. The van der Waals surface area contributed by atoms with Crippen LogP contribution < -0.4 is 0 Å². The van der Waals surface area contributed by atoms with Gasteiger partial charge in [0, 0.05) is 21.4 Å². The first-order valence-electron chi connectivity index (χ1n) is 5.69. The second kappa shape index (κ2) is 7.84. The van der Waals surface area contributed by atoms with Crippen LogP contribution in [0, 0.1) is 0 Å². The third-order valence-corrected chi connectivity index (χ3v) is 4.52. The second-order valence-corrected chi connectivity index (χ2v) is 5.83. The fourth-order valence-corrected chi connectivity index (χ4v) is 3.22. The first-order chi connectivity index (χ1) is 7.36. The number of hydrogen-bond donors (Lipinski definition) is 0. The average Bonchev–Trinajstić information content (AvgIpc) is 2.29. The molecule has 15 heavy (non-hydrogen) atoms. The van der Waals surface area contributed by atoms with Gasteiger partial charge >= 0.3 is 0 Å². The zero-order valence-corrected chi connectivity index (χ0v) is 10.7. The Morgan fingerprint density at radius 1 is 1.13 bits per heavy atom. The monoisotopic (exact) mass is 224 g/mol. The van der Waals surface area contributed by atoms with E-state index in [0.29, 0.717) is 0 Å². The van der Waals surface area contributed by atoms with Crippen LogP contribution in [-0.2, 0) is 10.7 Å². The zero-order valence-electron chi connectivity index (χ0n) is 9.78. The quantitative estimate of drug-likeness (QED) is 0.492. The summed E-state index contributed by atoms with van der Waals surface area (Å²) in [5, 5.41) is 0. The Bertz CT molecular complexity index is 248. The molecule has 84 valence electrons. The van der Waals surface area contributed by atoms with Crippen LogP contribution >= 0.6 is 8.15 Å². The van der Waals surface area contributed by atoms with E-state index in [0.717, 1.165) is 6.16 Å². The highest BCUT2D eigenvalue weighted by Crippen LogP contribution is 2.40. The predicted molar refractivity (Wildman–Crippen MR) is 68.5 cm³/mol. The fraction of sp³-hybridized carbons (Fsp3) is 0.538. The molecule has 0 bridgehead atoms. The van der Waals surface area contributed by atoms with E-state index < -0.39 is 0 Å². The molecule has 0 radical (unpaired) electrons. The predicted octanol–water partition coefficient (Wildman–Crippen LogP) is 4.42. The lowest BCUT2D eigenvalue weighted by Gasteiger charge is -2.14. The summed E-state index contributed by atoms with van der Waals surface area (Å²) < 4.78 is 5.57. The van der Waals surface area contributed by atoms with Gasteiger partial charge in [0.05, 0.1) is 0 Å². The third kappa shape index (κ3) is 5.30. The summed E-state index contributed by atoms with van der Waals surface area (Å²) in [6.07, 6.45) is 6.28. The van der Waals surface area contributed by atoms with Crippen molar-refractivity contribution in [2.45, 2.75) is 32.3 Å². The molecule has 0 aliphatic rings. The summed E-state index contributed by atoms with van der Waals surface area (Å²) in [5.41, 5.74) is 1.40. The van der Waals surface area contributed by atoms with Crippen LogP contribution in [0.1, 0.15) is 31.7 Å². The van der Waals surface area contributed by atoms with Crippen molar-refractivity contribution in [3.05, 3.63) is 35.9 Å². The summed E-state index contributed by atoms with van der Waals surface area (Å²) in [6, 6.07) is 10.6. The number of hydrogen-bond acceptors (Lipinski definition) is 1. The third-order valence-electron chi connectivity index (χ3n) is 2.47. The van der Waals surface area contributed by atoms with Gasteiger partial charge in [0.1, 0.15) is 0 Å². The molecule has 1 unspecified atom stereocenters. The Kier molecular flexibility index (Phi) is 6.63. The van der Waals surface area contributed by atoms with Gasteiger partial charge in [0.25, 0.3) is 0 Å². The summed E-state index contributed by atoms with van der Waals surface area (Å²) in [6.45, 7) is 2.24. The Labute approximate surface area is 94.7 Å². The first-order valence-corrected chi connectivity index (χ1v) is 7.32. The van der Waals surface area contributed by atoms with Crippen molar-refractivity contribution in [2.24, 2.45) is 0 Å². The van der Waals surface area contributed by atoms with Gasteiger partial charge in [-0.25, -0.2) is 0 Å². The lowest BCUT2D eigenvalue weighted by Crippen LogP contribution is -1.91. The molecule has 2 heteroatoms. The molecule has 0 N–H and O–H groups in total. The van der Waals surface area contributed by atoms with Gasteiger partial charge in [-0.2, -0.15) is 0 Å². The molecule has 0 amide bonds. The molecule has 0 aliphatic carbocycles. The van der Waals surface area contributed by atoms with Crippen molar-refractivity contribution in [1.29, 1.82) is 0 Å². The molecular weight excluding hydrogens is 203 g/mol. The van der Waals surface area contributed by atoms with E-state index in [1.807, 2.05) is 7.11 Å². The minimum absolute atomic E-state index is 0.246. The second-order valence-electron chi connectivity index (χ2n) is 3.74. The smallest absolute Gasteiger partial charge is 0.0398 e. The minimum atomic E-state index is -0.246. The Hall–Kier alpha value is -0.390. The van der Waals surface area contributed by atoms with Crippen molar-refractivity contribution in [1.82, 2.24) is 0 Å². The van der Waals surface area contributed by atoms with Gasteiger partial charge in [0.15, 0.2) is 0 Å². The first kappa shape index (κ1) is 12.7. The van der Waals surface area contributed by atoms with Crippen molar-refractivity contribution in [3.8, 4) is 0 Å². The number of rotatable bonds is 7. The van der Waals surface area contributed by atoms with Gasteiger partial charge in [0.2, 0.25) is 0 Å². The maximum atomic E-state index is 5.57. The molecule has 0 aromatic heterocycles. The fourth-order valence-electron chi connectivity index (χ4n) is 1.56. The van der Waals surface area contributed by atoms with Gasteiger partial charge in [-0.1, -0.05) is 50.1 Å². The maximum absolute atomic E-state index is 5.57. The van der Waals surface area contributed by atoms with Crippen LogP contribution in [0.4, 0.5) is 0 Å². The van der Waals surface area contributed by atoms with Crippen LogP contribution in [-0.4, -0.2) is 13.3 Å². The van der Waals surface area contributed by atoms with E-state index in [-0.39, 0.29) is 8.15 Å². The van der Waals surface area contributed by atoms with Crippen LogP contribution in [0.3, 0.4) is 0 Å². The molecule has 0 saturated carbocycles. The van der Waals surface area contributed by atoms with Gasteiger partial charge in [-0.15, -0.1) is 0 Å². The number of benzene rings is 1. The Balaban J connectivity index is 2.33. The van der Waals surface area contributed by atoms with Gasteiger partial charge in [-0.05, 0) is 18.1 Å². The minimum Gasteiger partial charge on any atom is -0.362 e. The van der Waals surface area contributed by atoms with Crippen molar-refractivity contribution < 1.29 is 4.52 Å². The van der Waals surface area contributed by atoms with Crippen molar-refractivity contribution in [2.75, 3.05) is 13.3 Å². The highest BCUT2D eigenvalue weighted by molar-refractivity contribution is 7.51. The molecule has 1 aromatic carbocycles. The lowest BCUT2D eigenvalue weighted by molar-refractivity contribution is 0.458. The van der Waals surface area contributed by atoms with Crippen LogP contribution in [0.15, 0.2) is 30.3 Å². The summed E-state index contributed by atoms with van der Waals surface area (Å²) in [5.74, 6) is 0. The molecule has 0 spiro atoms. The van der Waals surface area contributed by atoms with Crippen molar-refractivity contribution in [3.63, 3.8) is 0 Å². The van der Waals surface area contributed by atoms with E-state index in [9.17, 15) is 0 Å². The Morgan fingerprint density at radius 3 is 2.47 bits per heavy atom. The molecule has 0 heterocycles. The largest absolute Gasteiger partial charge is 0.362 e. The highest BCUT2D eigenvalue weighted by atomic mass is 31.1. The van der Waals surface area contributed by atoms with Gasteiger partial charge in [-0.3, -0.25) is 0 Å². The summed E-state index contributed by atoms with van der Waals surface area (Å²) >= 11 is 0. The molecule has 0 saturated heterocycles. The summed E-state index contributed by atoms with van der Waals surface area (Å²) in [7, 11) is 1.60. The Morgan fingerprint density at radius 2 is 1.87 bits per heavy atom. The zero-order chi connectivity index (χ0) is 10.9. The molecule has 0 aliphatic heterocycles. The topological polar surface area (TPSA) is 9.23 Å². The van der Waals surface area contributed by atoms with E-state index in [1.165, 1.54) is 31.0 Å². The van der Waals surface area contributed by atoms with E-state index in [2.05, 4.69) is 37.3 Å². The van der Waals surface area contributed by atoms with E-state index >= 15 is 0 Å². The molecule has 1 rings (SSSR count). The average molecular weight is 224 g/mol. The maximum Gasteiger partial charge on any atom is 0.0398 e. The van der Waals surface area contributed by atoms with Crippen molar-refractivity contribution >= 4 is 8.15 Å².